The average molecular weight is 178 g/mol. The number of nitrogens with zero attached hydrogens (tertiary/aromatic N) is 2. The number of morpholine rings is 1. The lowest BCUT2D eigenvalue weighted by Crippen LogP contribution is -2.41. The van der Waals surface area contributed by atoms with Gasteiger partial charge in [-0.15, -0.1) is 0 Å². The summed E-state index contributed by atoms with van der Waals surface area (Å²) in [5, 5.41) is 0. The second kappa shape index (κ2) is 3.75. The van der Waals surface area contributed by atoms with Crippen LogP contribution in [0.3, 0.4) is 0 Å². The third-order valence-electron chi connectivity index (χ3n) is 2.27. The Balaban J connectivity index is 2.08. The van der Waals surface area contributed by atoms with Gasteiger partial charge < -0.3 is 9.64 Å². The molecule has 0 amide bonds. The first-order chi connectivity index (χ1) is 6.36. The third-order valence-corrected chi connectivity index (χ3v) is 2.27. The molecule has 1 aromatic rings. The van der Waals surface area contributed by atoms with Crippen LogP contribution in [0.1, 0.15) is 6.92 Å². The van der Waals surface area contributed by atoms with Crippen molar-refractivity contribution >= 4 is 5.69 Å². The number of aromatic nitrogens is 1. The van der Waals surface area contributed by atoms with Gasteiger partial charge in [0.15, 0.2) is 0 Å². The Kier molecular flexibility index (Phi) is 2.45. The van der Waals surface area contributed by atoms with Crippen LogP contribution >= 0.6 is 0 Å². The van der Waals surface area contributed by atoms with Crippen LogP contribution in [0.25, 0.3) is 0 Å². The highest BCUT2D eigenvalue weighted by Crippen LogP contribution is 2.15. The van der Waals surface area contributed by atoms with Crippen molar-refractivity contribution in [1.82, 2.24) is 4.98 Å². The van der Waals surface area contributed by atoms with Crippen LogP contribution in [0.5, 0.6) is 0 Å². The molecular formula is C10H14N2O. The van der Waals surface area contributed by atoms with E-state index in [0.29, 0.717) is 6.10 Å². The highest BCUT2D eigenvalue weighted by Gasteiger charge is 2.16. The van der Waals surface area contributed by atoms with Crippen molar-refractivity contribution in [3.05, 3.63) is 24.5 Å². The van der Waals surface area contributed by atoms with E-state index in [1.54, 1.807) is 0 Å². The summed E-state index contributed by atoms with van der Waals surface area (Å²) in [6.07, 6.45) is 3.99. The number of rotatable bonds is 1. The van der Waals surface area contributed by atoms with Gasteiger partial charge >= 0.3 is 0 Å². The standard InChI is InChI=1S/C10H14N2O/c1-9-8-12(6-7-13-9)10-2-4-11-5-3-10/h2-5,9H,6-8H2,1H3. The fraction of sp³-hybridized carbons (Fsp3) is 0.500. The Bertz CT molecular complexity index is 263. The number of anilines is 1. The molecule has 0 aliphatic carbocycles. The summed E-state index contributed by atoms with van der Waals surface area (Å²) in [5.41, 5.74) is 1.24. The van der Waals surface area contributed by atoms with E-state index in [1.807, 2.05) is 24.5 Å². The van der Waals surface area contributed by atoms with Crippen molar-refractivity contribution in [1.29, 1.82) is 0 Å². The minimum absolute atomic E-state index is 0.335. The maximum atomic E-state index is 5.47. The van der Waals surface area contributed by atoms with Crippen LogP contribution in [0.4, 0.5) is 5.69 Å². The Labute approximate surface area is 78.3 Å². The molecule has 13 heavy (non-hydrogen) atoms. The summed E-state index contributed by atoms with van der Waals surface area (Å²) in [7, 11) is 0. The number of ether oxygens (including phenoxy) is 1. The third kappa shape index (κ3) is 1.98. The molecule has 70 valence electrons. The molecule has 3 nitrogen and oxygen atoms in total. The number of hydrogen-bond donors (Lipinski definition) is 0. The SMILES string of the molecule is CC1CN(c2ccncc2)CCO1. The van der Waals surface area contributed by atoms with E-state index < -0.39 is 0 Å². The van der Waals surface area contributed by atoms with Crippen LogP contribution in [-0.4, -0.2) is 30.8 Å². The smallest absolute Gasteiger partial charge is 0.0722 e. The Morgan fingerprint density at radius 1 is 1.46 bits per heavy atom. The van der Waals surface area contributed by atoms with Gasteiger partial charge in [0.2, 0.25) is 0 Å². The Morgan fingerprint density at radius 3 is 2.92 bits per heavy atom. The Morgan fingerprint density at radius 2 is 2.23 bits per heavy atom. The van der Waals surface area contributed by atoms with Crippen molar-refractivity contribution in [3.8, 4) is 0 Å². The molecule has 2 heterocycles. The lowest BCUT2D eigenvalue weighted by Gasteiger charge is -2.32. The van der Waals surface area contributed by atoms with E-state index in [1.165, 1.54) is 5.69 Å². The summed E-state index contributed by atoms with van der Waals surface area (Å²) < 4.78 is 5.47. The summed E-state index contributed by atoms with van der Waals surface area (Å²) >= 11 is 0. The van der Waals surface area contributed by atoms with Crippen LogP contribution < -0.4 is 4.90 Å². The zero-order valence-corrected chi connectivity index (χ0v) is 7.81. The van der Waals surface area contributed by atoms with Gasteiger partial charge in [0.05, 0.1) is 12.7 Å². The highest BCUT2D eigenvalue weighted by molar-refractivity contribution is 5.44. The minimum atomic E-state index is 0.335. The molecule has 0 saturated carbocycles. The molecule has 0 bridgehead atoms. The highest BCUT2D eigenvalue weighted by atomic mass is 16.5. The molecule has 1 aliphatic rings. The zero-order chi connectivity index (χ0) is 9.10. The number of hydrogen-bond acceptors (Lipinski definition) is 3. The maximum absolute atomic E-state index is 5.47. The molecule has 1 fully saturated rings. The van der Waals surface area contributed by atoms with Crippen molar-refractivity contribution < 1.29 is 4.74 Å². The second-order valence-corrected chi connectivity index (χ2v) is 3.33. The molecular weight excluding hydrogens is 164 g/mol. The van der Waals surface area contributed by atoms with Gasteiger partial charge in [-0.05, 0) is 19.1 Å². The predicted molar refractivity (Wildman–Crippen MR) is 51.9 cm³/mol. The molecule has 3 heteroatoms. The first-order valence-electron chi connectivity index (χ1n) is 4.63. The van der Waals surface area contributed by atoms with Gasteiger partial charge in [-0.1, -0.05) is 0 Å². The van der Waals surface area contributed by atoms with Crippen molar-refractivity contribution in [2.24, 2.45) is 0 Å². The van der Waals surface area contributed by atoms with Crippen molar-refractivity contribution in [2.45, 2.75) is 13.0 Å². The fourth-order valence-electron chi connectivity index (χ4n) is 1.61. The van der Waals surface area contributed by atoms with Crippen LogP contribution in [-0.2, 0) is 4.74 Å². The Hall–Kier alpha value is -1.09. The predicted octanol–water partition coefficient (Wildman–Crippen LogP) is 1.31. The lowest BCUT2D eigenvalue weighted by molar-refractivity contribution is 0.0532. The molecule has 0 spiro atoms. The average Bonchev–Trinajstić information content (AvgIpc) is 2.19. The van der Waals surface area contributed by atoms with Crippen LogP contribution in [0.2, 0.25) is 0 Å². The van der Waals surface area contributed by atoms with Crippen molar-refractivity contribution in [3.63, 3.8) is 0 Å². The van der Waals surface area contributed by atoms with Crippen LogP contribution in [0, 0.1) is 0 Å². The number of pyridine rings is 1. The molecule has 0 aromatic carbocycles. The first-order valence-corrected chi connectivity index (χ1v) is 4.63. The largest absolute Gasteiger partial charge is 0.375 e. The first kappa shape index (κ1) is 8.51. The van der Waals surface area contributed by atoms with E-state index >= 15 is 0 Å². The summed E-state index contributed by atoms with van der Waals surface area (Å²) in [4.78, 5) is 6.33. The van der Waals surface area contributed by atoms with Crippen LogP contribution in [0.15, 0.2) is 24.5 Å². The fourth-order valence-corrected chi connectivity index (χ4v) is 1.61. The van der Waals surface area contributed by atoms with E-state index in [2.05, 4.69) is 16.8 Å². The molecule has 1 unspecified atom stereocenters. The van der Waals surface area contributed by atoms with Gasteiger partial charge in [0, 0.05) is 31.2 Å². The molecule has 2 rings (SSSR count). The lowest BCUT2D eigenvalue weighted by atomic mass is 10.2. The zero-order valence-electron chi connectivity index (χ0n) is 7.81. The molecule has 1 saturated heterocycles. The van der Waals surface area contributed by atoms with E-state index in [0.717, 1.165) is 19.7 Å². The summed E-state index contributed by atoms with van der Waals surface area (Å²) in [6.45, 7) is 4.88. The second-order valence-electron chi connectivity index (χ2n) is 3.33. The molecule has 0 N–H and O–H groups in total. The van der Waals surface area contributed by atoms with Gasteiger partial charge in [-0.3, -0.25) is 4.98 Å². The van der Waals surface area contributed by atoms with Gasteiger partial charge in [0.1, 0.15) is 0 Å². The summed E-state index contributed by atoms with van der Waals surface area (Å²) in [6, 6.07) is 4.08. The van der Waals surface area contributed by atoms with Gasteiger partial charge in [-0.25, -0.2) is 0 Å². The maximum Gasteiger partial charge on any atom is 0.0722 e. The van der Waals surface area contributed by atoms with Gasteiger partial charge in [-0.2, -0.15) is 0 Å². The molecule has 1 atom stereocenters. The minimum Gasteiger partial charge on any atom is -0.375 e. The molecule has 1 aromatic heterocycles. The molecule has 1 aliphatic heterocycles. The van der Waals surface area contributed by atoms with Crippen molar-refractivity contribution in [2.75, 3.05) is 24.6 Å². The quantitative estimate of drug-likeness (QED) is 0.648. The van der Waals surface area contributed by atoms with Gasteiger partial charge in [0.25, 0.3) is 0 Å². The van der Waals surface area contributed by atoms with E-state index in [9.17, 15) is 0 Å². The topological polar surface area (TPSA) is 25.4 Å². The van der Waals surface area contributed by atoms with E-state index in [4.69, 9.17) is 4.74 Å². The normalized spacial score (nSPS) is 23.2. The van der Waals surface area contributed by atoms with E-state index in [-0.39, 0.29) is 0 Å². The monoisotopic (exact) mass is 178 g/mol. The molecule has 0 radical (unpaired) electrons. The summed E-state index contributed by atoms with van der Waals surface area (Å²) in [5.74, 6) is 0.